The summed E-state index contributed by atoms with van der Waals surface area (Å²) in [5.41, 5.74) is 2.07. The lowest BCUT2D eigenvalue weighted by Crippen LogP contribution is -2.52. The molecule has 0 aromatic heterocycles. The van der Waals surface area contributed by atoms with E-state index in [0.717, 1.165) is 41.7 Å². The van der Waals surface area contributed by atoms with Crippen LogP contribution in [0.5, 0.6) is 0 Å². The molecule has 0 radical (unpaired) electrons. The lowest BCUT2D eigenvalue weighted by atomic mass is 9.94. The number of thioether (sulfide) groups is 1. The van der Waals surface area contributed by atoms with Crippen LogP contribution in [-0.4, -0.2) is 34.6 Å². The van der Waals surface area contributed by atoms with Gasteiger partial charge < -0.3 is 10.2 Å². The zero-order valence-electron chi connectivity index (χ0n) is 21.2. The van der Waals surface area contributed by atoms with Crippen LogP contribution in [0.1, 0.15) is 49.7 Å². The second-order valence-corrected chi connectivity index (χ2v) is 11.2. The minimum absolute atomic E-state index is 0.00922. The number of amides is 2. The van der Waals surface area contributed by atoms with Gasteiger partial charge in [-0.1, -0.05) is 91.5 Å². The second-order valence-electron chi connectivity index (χ2n) is 9.61. The molecule has 2 amide bonds. The summed E-state index contributed by atoms with van der Waals surface area (Å²) in [5.74, 6) is 0.573. The number of carbonyl (C=O) groups excluding carboxylic acids is 2. The number of nitrogens with zero attached hydrogens (tertiary/aromatic N) is 1. The third kappa shape index (κ3) is 8.65. The molecule has 0 bridgehead atoms. The Hall–Kier alpha value is -2.76. The highest BCUT2D eigenvalue weighted by Gasteiger charge is 2.31. The van der Waals surface area contributed by atoms with E-state index in [4.69, 9.17) is 11.6 Å². The fourth-order valence-corrected chi connectivity index (χ4v) is 5.78. The molecule has 37 heavy (non-hydrogen) atoms. The van der Waals surface area contributed by atoms with Gasteiger partial charge in [0.1, 0.15) is 6.04 Å². The van der Waals surface area contributed by atoms with E-state index in [0.29, 0.717) is 30.2 Å². The molecule has 1 unspecified atom stereocenters. The van der Waals surface area contributed by atoms with Crippen molar-refractivity contribution < 1.29 is 9.59 Å². The number of halogens is 1. The molecule has 1 aliphatic rings. The molecule has 1 atom stereocenters. The normalized spacial score (nSPS) is 14.6. The van der Waals surface area contributed by atoms with Crippen molar-refractivity contribution in [2.75, 3.05) is 5.75 Å². The van der Waals surface area contributed by atoms with Gasteiger partial charge in [-0.25, -0.2) is 0 Å². The Morgan fingerprint density at radius 1 is 0.865 bits per heavy atom. The first-order valence-corrected chi connectivity index (χ1v) is 14.5. The second kappa shape index (κ2) is 14.3. The van der Waals surface area contributed by atoms with Crippen molar-refractivity contribution in [3.05, 3.63) is 101 Å². The topological polar surface area (TPSA) is 49.4 Å². The molecular weight excluding hydrogens is 500 g/mol. The van der Waals surface area contributed by atoms with Crippen molar-refractivity contribution in [1.29, 1.82) is 0 Å². The molecule has 1 N–H and O–H groups in total. The fourth-order valence-electron chi connectivity index (χ4n) is 4.81. The predicted molar refractivity (Wildman–Crippen MR) is 153 cm³/mol. The highest BCUT2D eigenvalue weighted by molar-refractivity contribution is 7.99. The van der Waals surface area contributed by atoms with E-state index >= 15 is 0 Å². The first kappa shape index (κ1) is 27.3. The molecule has 1 saturated carbocycles. The van der Waals surface area contributed by atoms with Crippen LogP contribution in [0, 0.1) is 0 Å². The predicted octanol–water partition coefficient (Wildman–Crippen LogP) is 6.91. The Bertz CT molecular complexity index is 1120. The van der Waals surface area contributed by atoms with Crippen molar-refractivity contribution in [1.82, 2.24) is 10.2 Å². The lowest BCUT2D eigenvalue weighted by Gasteiger charge is -2.33. The third-order valence-corrected chi connectivity index (χ3v) is 8.08. The molecule has 3 aromatic rings. The first-order chi connectivity index (χ1) is 18.1. The Morgan fingerprint density at radius 2 is 1.49 bits per heavy atom. The standard InChI is InChI=1S/C31H35ClN2O2S/c32-26-16-18-28(19-17-26)37-21-20-30(35)34(23-25-12-6-2-7-13-25)29(22-24-10-4-1-5-11-24)31(36)33-27-14-8-3-9-15-27/h1-2,4-7,10-13,16-19,27,29H,3,8-9,14-15,20-23H2,(H,33,36). The van der Waals surface area contributed by atoms with Gasteiger partial charge in [-0.05, 0) is 48.2 Å². The van der Waals surface area contributed by atoms with Crippen LogP contribution in [0.15, 0.2) is 89.8 Å². The van der Waals surface area contributed by atoms with Gasteiger partial charge in [0.2, 0.25) is 11.8 Å². The van der Waals surface area contributed by atoms with Gasteiger partial charge in [0.15, 0.2) is 0 Å². The summed E-state index contributed by atoms with van der Waals surface area (Å²) in [6.45, 7) is 0.404. The molecular formula is C31H35ClN2O2S. The van der Waals surface area contributed by atoms with Gasteiger partial charge in [0.05, 0.1) is 0 Å². The minimum Gasteiger partial charge on any atom is -0.352 e. The maximum atomic E-state index is 13.8. The molecule has 3 aromatic carbocycles. The molecule has 6 heteroatoms. The molecule has 0 spiro atoms. The van der Waals surface area contributed by atoms with Gasteiger partial charge in [-0.2, -0.15) is 0 Å². The molecule has 0 saturated heterocycles. The summed E-state index contributed by atoms with van der Waals surface area (Å²) in [6, 6.07) is 27.2. The van der Waals surface area contributed by atoms with Gasteiger partial charge in [0.25, 0.3) is 0 Å². The highest BCUT2D eigenvalue weighted by atomic mass is 35.5. The van der Waals surface area contributed by atoms with E-state index in [1.54, 1.807) is 16.7 Å². The van der Waals surface area contributed by atoms with E-state index in [2.05, 4.69) is 5.32 Å². The number of carbonyl (C=O) groups is 2. The number of hydrogen-bond acceptors (Lipinski definition) is 3. The zero-order valence-corrected chi connectivity index (χ0v) is 22.7. The van der Waals surface area contributed by atoms with Crippen LogP contribution in [0.4, 0.5) is 0 Å². The molecule has 0 aliphatic heterocycles. The number of nitrogens with one attached hydrogen (secondary N) is 1. The average molecular weight is 535 g/mol. The number of rotatable bonds is 11. The molecule has 4 nitrogen and oxygen atoms in total. The van der Waals surface area contributed by atoms with Gasteiger partial charge in [0, 0.05) is 41.1 Å². The van der Waals surface area contributed by atoms with Crippen molar-refractivity contribution in [3.63, 3.8) is 0 Å². The van der Waals surface area contributed by atoms with Crippen molar-refractivity contribution in [2.45, 2.75) is 68.5 Å². The first-order valence-electron chi connectivity index (χ1n) is 13.1. The molecule has 1 aliphatic carbocycles. The van der Waals surface area contributed by atoms with Crippen LogP contribution in [0.3, 0.4) is 0 Å². The van der Waals surface area contributed by atoms with Gasteiger partial charge in [-0.3, -0.25) is 9.59 Å². The van der Waals surface area contributed by atoms with Crippen molar-refractivity contribution >= 4 is 35.2 Å². The third-order valence-electron chi connectivity index (χ3n) is 6.82. The maximum absolute atomic E-state index is 13.8. The maximum Gasteiger partial charge on any atom is 0.243 e. The molecule has 1 fully saturated rings. The molecule has 4 rings (SSSR count). The van der Waals surface area contributed by atoms with E-state index in [9.17, 15) is 9.59 Å². The summed E-state index contributed by atoms with van der Waals surface area (Å²) in [5, 5.41) is 3.99. The van der Waals surface area contributed by atoms with Crippen LogP contribution in [0.2, 0.25) is 5.02 Å². The average Bonchev–Trinajstić information content (AvgIpc) is 2.93. The van der Waals surface area contributed by atoms with E-state index in [-0.39, 0.29) is 17.9 Å². The Morgan fingerprint density at radius 3 is 2.14 bits per heavy atom. The zero-order chi connectivity index (χ0) is 25.9. The van der Waals surface area contributed by atoms with E-state index in [1.165, 1.54) is 6.42 Å². The minimum atomic E-state index is -0.572. The summed E-state index contributed by atoms with van der Waals surface area (Å²) in [4.78, 5) is 30.4. The lowest BCUT2D eigenvalue weighted by molar-refractivity contribution is -0.141. The quantitative estimate of drug-likeness (QED) is 0.272. The Balaban J connectivity index is 1.54. The number of hydrogen-bond donors (Lipinski definition) is 1. The van der Waals surface area contributed by atoms with Gasteiger partial charge >= 0.3 is 0 Å². The Kier molecular flexibility index (Phi) is 10.5. The molecule has 194 valence electrons. The summed E-state index contributed by atoms with van der Waals surface area (Å²) >= 11 is 7.63. The van der Waals surface area contributed by atoms with Crippen LogP contribution in [0.25, 0.3) is 0 Å². The van der Waals surface area contributed by atoms with E-state index < -0.39 is 6.04 Å². The molecule has 0 heterocycles. The van der Waals surface area contributed by atoms with Crippen LogP contribution in [-0.2, 0) is 22.6 Å². The summed E-state index contributed by atoms with van der Waals surface area (Å²) in [6.07, 6.45) is 6.36. The van der Waals surface area contributed by atoms with Crippen LogP contribution < -0.4 is 5.32 Å². The van der Waals surface area contributed by atoms with Gasteiger partial charge in [-0.15, -0.1) is 11.8 Å². The fraction of sp³-hybridized carbons (Fsp3) is 0.355. The van der Waals surface area contributed by atoms with Crippen molar-refractivity contribution in [2.24, 2.45) is 0 Å². The highest BCUT2D eigenvalue weighted by Crippen LogP contribution is 2.23. The largest absolute Gasteiger partial charge is 0.352 e. The Labute approximate surface area is 229 Å². The monoisotopic (exact) mass is 534 g/mol. The van der Waals surface area contributed by atoms with Crippen LogP contribution >= 0.6 is 23.4 Å². The van der Waals surface area contributed by atoms with E-state index in [1.807, 2.05) is 84.9 Å². The van der Waals surface area contributed by atoms with Crippen molar-refractivity contribution in [3.8, 4) is 0 Å². The SMILES string of the molecule is O=C(NC1CCCCC1)C(Cc1ccccc1)N(Cc1ccccc1)C(=O)CCSc1ccc(Cl)cc1. The smallest absolute Gasteiger partial charge is 0.243 e. The summed E-state index contributed by atoms with van der Waals surface area (Å²) < 4.78 is 0. The number of benzene rings is 3. The summed E-state index contributed by atoms with van der Waals surface area (Å²) in [7, 11) is 0.